The highest BCUT2D eigenvalue weighted by Crippen LogP contribution is 2.40. The monoisotopic (exact) mass is 547 g/mol. The second-order valence-corrected chi connectivity index (χ2v) is 12.6. The molecule has 2 aliphatic rings. The lowest BCUT2D eigenvalue weighted by Gasteiger charge is -2.32. The lowest BCUT2D eigenvalue weighted by atomic mass is 9.75. The molecule has 2 fully saturated rings. The van der Waals surface area contributed by atoms with Crippen molar-refractivity contribution in [3.8, 4) is 11.3 Å². The van der Waals surface area contributed by atoms with Crippen molar-refractivity contribution in [2.45, 2.75) is 122 Å². The van der Waals surface area contributed by atoms with Crippen molar-refractivity contribution in [1.29, 1.82) is 0 Å². The van der Waals surface area contributed by atoms with Gasteiger partial charge in [0.1, 0.15) is 5.83 Å². The van der Waals surface area contributed by atoms with Gasteiger partial charge >= 0.3 is 7.12 Å². The third-order valence-electron chi connectivity index (χ3n) is 8.94. The number of pyridine rings is 1. The van der Waals surface area contributed by atoms with E-state index in [2.05, 4.69) is 4.98 Å². The van der Waals surface area contributed by atoms with E-state index in [1.165, 1.54) is 32.1 Å². The van der Waals surface area contributed by atoms with E-state index in [9.17, 15) is 5.11 Å². The minimum Gasteiger partial charge on any atom is -0.400 e. The largest absolute Gasteiger partial charge is 0.487 e. The standard InChI is InChI=1S/C34H47BFNO3/c1-32(2)33(3,4)40-35(39-32)26-29(34(38)21-13-10-8-6-5-7-9-11-14-22-34)25-30(36)24-27-17-19-28(20-18-27)31-16-12-15-23-37-31/h12,15-20,23-24,26,38H,5-11,13-14,21-22,25H2,1-4H3/b29-26+,30-24-. The topological polar surface area (TPSA) is 51.6 Å². The molecule has 0 bridgehead atoms. The molecule has 0 amide bonds. The zero-order valence-corrected chi connectivity index (χ0v) is 24.9. The highest BCUT2D eigenvalue weighted by atomic mass is 19.1. The first-order valence-corrected chi connectivity index (χ1v) is 15.2. The van der Waals surface area contributed by atoms with E-state index in [1.807, 2.05) is 76.1 Å². The van der Waals surface area contributed by atoms with Gasteiger partial charge in [0.15, 0.2) is 0 Å². The van der Waals surface area contributed by atoms with Crippen molar-refractivity contribution < 1.29 is 18.8 Å². The molecule has 1 aliphatic heterocycles. The molecule has 1 saturated heterocycles. The van der Waals surface area contributed by atoms with Gasteiger partial charge in [-0.3, -0.25) is 4.98 Å². The number of hydrogen-bond acceptors (Lipinski definition) is 4. The normalized spacial score (nSPS) is 22.4. The van der Waals surface area contributed by atoms with Crippen LogP contribution in [0.3, 0.4) is 0 Å². The summed E-state index contributed by atoms with van der Waals surface area (Å²) in [6.07, 6.45) is 14.9. The number of hydrogen-bond donors (Lipinski definition) is 1. The average molecular weight is 548 g/mol. The molecule has 1 aromatic carbocycles. The molecule has 4 nitrogen and oxygen atoms in total. The van der Waals surface area contributed by atoms with Gasteiger partial charge in [0.2, 0.25) is 0 Å². The fourth-order valence-electron chi connectivity index (χ4n) is 5.72. The summed E-state index contributed by atoms with van der Waals surface area (Å²) >= 11 is 0. The average Bonchev–Trinajstić information content (AvgIpc) is 3.12. The lowest BCUT2D eigenvalue weighted by Crippen LogP contribution is -2.41. The van der Waals surface area contributed by atoms with Crippen LogP contribution in [0.5, 0.6) is 0 Å². The van der Waals surface area contributed by atoms with Gasteiger partial charge in [0.25, 0.3) is 0 Å². The van der Waals surface area contributed by atoms with Gasteiger partial charge in [0.05, 0.1) is 22.5 Å². The third-order valence-corrected chi connectivity index (χ3v) is 8.94. The number of halogens is 1. The Morgan fingerprint density at radius 2 is 1.40 bits per heavy atom. The Morgan fingerprint density at radius 1 is 0.850 bits per heavy atom. The molecule has 6 heteroatoms. The smallest absolute Gasteiger partial charge is 0.400 e. The summed E-state index contributed by atoms with van der Waals surface area (Å²) in [5.41, 5.74) is 1.23. The molecule has 40 heavy (non-hydrogen) atoms. The Morgan fingerprint density at radius 3 is 1.93 bits per heavy atom. The van der Waals surface area contributed by atoms with Gasteiger partial charge < -0.3 is 14.4 Å². The molecule has 1 N–H and O–H groups in total. The van der Waals surface area contributed by atoms with Crippen molar-refractivity contribution in [2.75, 3.05) is 0 Å². The van der Waals surface area contributed by atoms with Crippen LogP contribution in [0.4, 0.5) is 4.39 Å². The highest BCUT2D eigenvalue weighted by Gasteiger charge is 2.51. The molecular formula is C34H47BFNO3. The molecule has 0 spiro atoms. The fraction of sp³-hybridized carbons (Fsp3) is 0.559. The zero-order chi connectivity index (χ0) is 28.6. The summed E-state index contributed by atoms with van der Waals surface area (Å²) in [6.45, 7) is 8.06. The van der Waals surface area contributed by atoms with Crippen LogP contribution in [0.15, 0.2) is 66.0 Å². The molecule has 1 aliphatic carbocycles. The van der Waals surface area contributed by atoms with Crippen molar-refractivity contribution in [3.63, 3.8) is 0 Å². The summed E-state index contributed by atoms with van der Waals surface area (Å²) in [5.74, 6) is 1.58. The predicted molar refractivity (Wildman–Crippen MR) is 163 cm³/mol. The number of nitrogens with zero attached hydrogens (tertiary/aromatic N) is 1. The molecule has 2 aromatic rings. The summed E-state index contributed by atoms with van der Waals surface area (Å²) in [7, 11) is -0.629. The van der Waals surface area contributed by atoms with E-state index < -0.39 is 23.9 Å². The van der Waals surface area contributed by atoms with E-state index in [4.69, 9.17) is 9.31 Å². The Balaban J connectivity index is 1.59. The van der Waals surface area contributed by atoms with Crippen molar-refractivity contribution in [1.82, 2.24) is 4.98 Å². The maximum absolute atomic E-state index is 15.7. The van der Waals surface area contributed by atoms with Crippen LogP contribution in [0.2, 0.25) is 0 Å². The highest BCUT2D eigenvalue weighted by molar-refractivity contribution is 6.51. The Bertz CT molecular complexity index is 1120. The van der Waals surface area contributed by atoms with E-state index in [-0.39, 0.29) is 12.2 Å². The Labute approximate surface area is 241 Å². The minimum atomic E-state index is -1.09. The number of rotatable bonds is 6. The van der Waals surface area contributed by atoms with Crippen LogP contribution in [0, 0.1) is 0 Å². The van der Waals surface area contributed by atoms with Crippen LogP contribution in [0.1, 0.15) is 110 Å². The Kier molecular flexibility index (Phi) is 10.4. The number of aromatic nitrogens is 1. The molecular weight excluding hydrogens is 500 g/mol. The van der Waals surface area contributed by atoms with Crippen LogP contribution >= 0.6 is 0 Å². The molecule has 4 rings (SSSR count). The van der Waals surface area contributed by atoms with Gasteiger partial charge in [0, 0.05) is 18.2 Å². The number of benzene rings is 1. The quantitative estimate of drug-likeness (QED) is 0.367. The summed E-state index contributed by atoms with van der Waals surface area (Å²) in [6, 6.07) is 13.5. The van der Waals surface area contributed by atoms with Crippen LogP contribution in [-0.4, -0.2) is 34.0 Å². The predicted octanol–water partition coefficient (Wildman–Crippen LogP) is 9.04. The van der Waals surface area contributed by atoms with Crippen LogP contribution < -0.4 is 0 Å². The second kappa shape index (κ2) is 13.6. The van der Waals surface area contributed by atoms with Gasteiger partial charge in [-0.15, -0.1) is 0 Å². The van der Waals surface area contributed by atoms with Crippen LogP contribution in [0.25, 0.3) is 17.3 Å². The van der Waals surface area contributed by atoms with Crippen molar-refractivity contribution >= 4 is 13.2 Å². The summed E-state index contributed by atoms with van der Waals surface area (Å²) in [4.78, 5) is 4.40. The second-order valence-electron chi connectivity index (χ2n) is 12.6. The first-order chi connectivity index (χ1) is 19.1. The Hall–Kier alpha value is -2.28. The molecule has 2 heterocycles. The fourth-order valence-corrected chi connectivity index (χ4v) is 5.72. The zero-order valence-electron chi connectivity index (χ0n) is 24.9. The molecule has 216 valence electrons. The van der Waals surface area contributed by atoms with Crippen LogP contribution in [-0.2, 0) is 9.31 Å². The van der Waals surface area contributed by atoms with Gasteiger partial charge in [-0.05, 0) is 69.9 Å². The number of aliphatic hydroxyl groups is 1. The van der Waals surface area contributed by atoms with Gasteiger partial charge in [-0.2, -0.15) is 0 Å². The first-order valence-electron chi connectivity index (χ1n) is 15.2. The summed E-state index contributed by atoms with van der Waals surface area (Å²) < 4.78 is 28.3. The number of allylic oxidation sites excluding steroid dienone is 1. The molecule has 1 saturated carbocycles. The first kappa shape index (κ1) is 30.7. The SMILES string of the molecule is CC1(C)OB(/C=C(\C/C(F)=C/c2ccc(-c3ccccn3)cc2)C2(O)CCCCCCCCCCC2)OC1(C)C. The van der Waals surface area contributed by atoms with Gasteiger partial charge in [-0.25, -0.2) is 4.39 Å². The van der Waals surface area contributed by atoms with E-state index in [0.29, 0.717) is 18.4 Å². The minimum absolute atomic E-state index is 0.0303. The summed E-state index contributed by atoms with van der Waals surface area (Å²) in [5, 5.41) is 12.1. The molecule has 0 atom stereocenters. The van der Waals surface area contributed by atoms with Crippen molar-refractivity contribution in [2.24, 2.45) is 0 Å². The third kappa shape index (κ3) is 8.14. The molecule has 0 unspecified atom stereocenters. The maximum Gasteiger partial charge on any atom is 0.487 e. The lowest BCUT2D eigenvalue weighted by molar-refractivity contribution is 0.00578. The van der Waals surface area contributed by atoms with Crippen molar-refractivity contribution in [3.05, 3.63) is 71.6 Å². The molecule has 1 aromatic heterocycles. The van der Waals surface area contributed by atoms with E-state index in [1.54, 1.807) is 12.3 Å². The van der Waals surface area contributed by atoms with Gasteiger partial charge in [-0.1, -0.05) is 94.1 Å². The van der Waals surface area contributed by atoms with E-state index in [0.717, 1.165) is 42.5 Å². The molecule has 0 radical (unpaired) electrons. The van der Waals surface area contributed by atoms with E-state index >= 15 is 4.39 Å². The maximum atomic E-state index is 15.7.